The zero-order valence-electron chi connectivity index (χ0n) is 30.7. The largest absolute Gasteiger partial charge is 0.310 e. The van der Waals surface area contributed by atoms with E-state index in [0.29, 0.717) is 0 Å². The van der Waals surface area contributed by atoms with E-state index in [0.717, 1.165) is 11.4 Å². The van der Waals surface area contributed by atoms with Crippen LogP contribution in [0.25, 0.3) is 55.3 Å². The molecule has 0 heterocycles. The highest BCUT2D eigenvalue weighted by molar-refractivity contribution is 6.10. The van der Waals surface area contributed by atoms with Crippen molar-refractivity contribution in [3.05, 3.63) is 198 Å². The van der Waals surface area contributed by atoms with Gasteiger partial charge in [-0.3, -0.25) is 0 Å². The van der Waals surface area contributed by atoms with Crippen molar-refractivity contribution in [3.8, 4) is 44.5 Å². The summed E-state index contributed by atoms with van der Waals surface area (Å²) in [6.45, 7) is 9.75. The number of fused-ring (bicyclic) bond motifs is 7. The van der Waals surface area contributed by atoms with E-state index in [4.69, 9.17) is 0 Å². The number of benzene rings is 8. The van der Waals surface area contributed by atoms with Crippen LogP contribution in [-0.2, 0) is 10.8 Å². The predicted octanol–water partition coefficient (Wildman–Crippen LogP) is 14.3. The summed E-state index contributed by atoms with van der Waals surface area (Å²) in [6.07, 6.45) is 0. The molecule has 0 saturated carbocycles. The molecular weight excluding hydrogens is 639 g/mol. The molecule has 0 fully saturated rings. The van der Waals surface area contributed by atoms with Crippen molar-refractivity contribution in [2.45, 2.75) is 38.5 Å². The van der Waals surface area contributed by atoms with E-state index in [1.54, 1.807) is 0 Å². The third kappa shape index (κ3) is 4.63. The molecule has 0 unspecified atom stereocenters. The lowest BCUT2D eigenvalue weighted by atomic mass is 9.73. The van der Waals surface area contributed by atoms with Gasteiger partial charge in [-0.05, 0) is 114 Å². The zero-order valence-corrected chi connectivity index (χ0v) is 30.7. The molecular formula is C52H41N. The van der Waals surface area contributed by atoms with Gasteiger partial charge < -0.3 is 4.90 Å². The molecule has 8 aromatic carbocycles. The normalized spacial score (nSPS) is 14.3. The minimum atomic E-state index is -0.270. The van der Waals surface area contributed by atoms with Gasteiger partial charge in [-0.2, -0.15) is 0 Å². The van der Waals surface area contributed by atoms with Crippen LogP contribution < -0.4 is 4.90 Å². The van der Waals surface area contributed by atoms with Crippen molar-refractivity contribution in [2.24, 2.45) is 0 Å². The lowest BCUT2D eigenvalue weighted by molar-refractivity contribution is 0.640. The summed E-state index contributed by atoms with van der Waals surface area (Å²) in [5.41, 5.74) is 19.0. The quantitative estimate of drug-likeness (QED) is 0.175. The van der Waals surface area contributed by atoms with Crippen molar-refractivity contribution in [1.29, 1.82) is 0 Å². The monoisotopic (exact) mass is 679 g/mol. The van der Waals surface area contributed by atoms with Crippen LogP contribution in [-0.4, -0.2) is 0 Å². The van der Waals surface area contributed by atoms with Crippen LogP contribution in [0, 0.1) is 0 Å². The van der Waals surface area contributed by atoms with Gasteiger partial charge in [0.25, 0.3) is 0 Å². The van der Waals surface area contributed by atoms with Gasteiger partial charge in [-0.1, -0.05) is 167 Å². The minimum absolute atomic E-state index is 0.270. The highest BCUT2D eigenvalue weighted by Crippen LogP contribution is 2.66. The Labute approximate surface area is 312 Å². The van der Waals surface area contributed by atoms with Gasteiger partial charge in [-0.25, -0.2) is 0 Å². The molecule has 0 N–H and O–H groups in total. The third-order valence-corrected chi connectivity index (χ3v) is 11.9. The smallest absolute Gasteiger partial charge is 0.0556 e. The Hall–Kier alpha value is -6.18. The molecule has 8 aromatic rings. The summed E-state index contributed by atoms with van der Waals surface area (Å²) in [5, 5.41) is 2.52. The van der Waals surface area contributed by atoms with E-state index < -0.39 is 0 Å². The molecule has 0 atom stereocenters. The second-order valence-electron chi connectivity index (χ2n) is 15.7. The highest BCUT2D eigenvalue weighted by atomic mass is 15.2. The molecule has 0 amide bonds. The maximum absolute atomic E-state index is 2.55. The van der Waals surface area contributed by atoms with E-state index in [9.17, 15) is 0 Å². The summed E-state index contributed by atoms with van der Waals surface area (Å²) in [6, 6.07) is 65.0. The average molecular weight is 680 g/mol. The maximum Gasteiger partial charge on any atom is 0.0556 e. The third-order valence-electron chi connectivity index (χ3n) is 11.9. The molecule has 0 spiro atoms. The van der Waals surface area contributed by atoms with Crippen LogP contribution in [0.5, 0.6) is 0 Å². The summed E-state index contributed by atoms with van der Waals surface area (Å²) < 4.78 is 0. The minimum Gasteiger partial charge on any atom is -0.310 e. The van der Waals surface area contributed by atoms with Gasteiger partial charge in [0, 0.05) is 22.2 Å². The molecule has 53 heavy (non-hydrogen) atoms. The van der Waals surface area contributed by atoms with Gasteiger partial charge in [0.05, 0.1) is 5.69 Å². The van der Waals surface area contributed by atoms with E-state index >= 15 is 0 Å². The fraction of sp³-hybridized carbons (Fsp3) is 0.115. The van der Waals surface area contributed by atoms with E-state index in [-0.39, 0.29) is 10.8 Å². The highest BCUT2D eigenvalue weighted by Gasteiger charge is 2.48. The summed E-state index contributed by atoms with van der Waals surface area (Å²) in [7, 11) is 0. The van der Waals surface area contributed by atoms with E-state index in [1.807, 2.05) is 0 Å². The van der Waals surface area contributed by atoms with Crippen molar-refractivity contribution in [1.82, 2.24) is 0 Å². The fourth-order valence-corrected chi connectivity index (χ4v) is 9.55. The van der Waals surface area contributed by atoms with Crippen LogP contribution in [0.4, 0.5) is 17.1 Å². The van der Waals surface area contributed by atoms with E-state index in [2.05, 4.69) is 209 Å². The second-order valence-corrected chi connectivity index (χ2v) is 15.7. The molecule has 254 valence electrons. The summed E-state index contributed by atoms with van der Waals surface area (Å²) in [5.74, 6) is 0. The molecule has 0 bridgehead atoms. The van der Waals surface area contributed by atoms with Crippen LogP contribution in [0.3, 0.4) is 0 Å². The number of anilines is 3. The number of para-hydroxylation sites is 2. The Morgan fingerprint density at radius 3 is 1.42 bits per heavy atom. The predicted molar refractivity (Wildman–Crippen MR) is 225 cm³/mol. The molecule has 1 nitrogen and oxygen atoms in total. The zero-order chi connectivity index (χ0) is 35.9. The Morgan fingerprint density at radius 2 is 0.830 bits per heavy atom. The lowest BCUT2D eigenvalue weighted by Crippen LogP contribution is -2.26. The van der Waals surface area contributed by atoms with Crippen LogP contribution in [0.2, 0.25) is 0 Å². The molecule has 2 aliphatic rings. The van der Waals surface area contributed by atoms with Gasteiger partial charge in [0.1, 0.15) is 0 Å². The molecule has 1 heteroatoms. The number of hydrogen-bond acceptors (Lipinski definition) is 1. The van der Waals surface area contributed by atoms with Crippen molar-refractivity contribution < 1.29 is 0 Å². The fourth-order valence-electron chi connectivity index (χ4n) is 9.55. The first-order valence-corrected chi connectivity index (χ1v) is 18.8. The first-order valence-electron chi connectivity index (χ1n) is 18.8. The number of nitrogens with zero attached hydrogens (tertiary/aromatic N) is 1. The average Bonchev–Trinajstić information content (AvgIpc) is 3.59. The molecule has 0 aromatic heterocycles. The Morgan fingerprint density at radius 1 is 0.358 bits per heavy atom. The summed E-state index contributed by atoms with van der Waals surface area (Å²) in [4.78, 5) is 2.55. The van der Waals surface area contributed by atoms with Crippen LogP contribution >= 0.6 is 0 Å². The van der Waals surface area contributed by atoms with Gasteiger partial charge in [0.2, 0.25) is 0 Å². The molecule has 0 radical (unpaired) electrons. The Balaban J connectivity index is 1.37. The Kier molecular flexibility index (Phi) is 6.94. The first-order chi connectivity index (χ1) is 25.8. The molecule has 0 saturated heterocycles. The standard InChI is InChI=1S/C52H41N/c1-51(2)43-28-15-13-26-41(43)46-45(38-21-17-20-36(33-38)37-31-30-34-18-11-12-19-35(34)32-37)47-42-27-14-16-29-44(42)52(3,4)49(47)50(48(46)51)53(39-22-7-5-8-23-39)40-24-9-6-10-25-40/h5-33H,1-4H3. The van der Waals surface area contributed by atoms with Crippen molar-refractivity contribution in [2.75, 3.05) is 4.90 Å². The van der Waals surface area contributed by atoms with Crippen molar-refractivity contribution >= 4 is 27.8 Å². The molecule has 2 aliphatic carbocycles. The van der Waals surface area contributed by atoms with Crippen LogP contribution in [0.15, 0.2) is 176 Å². The summed E-state index contributed by atoms with van der Waals surface area (Å²) >= 11 is 0. The maximum atomic E-state index is 2.55. The van der Waals surface area contributed by atoms with Gasteiger partial charge >= 0.3 is 0 Å². The Bertz CT molecular complexity index is 2590. The molecule has 0 aliphatic heterocycles. The SMILES string of the molecule is CC1(C)c2ccccc2-c2c(-c3cccc(-c4ccc5ccccc5c4)c3)c3c(c(N(c4ccccc4)c4ccccc4)c21)C(C)(C)c1ccccc1-3. The number of rotatable bonds is 5. The molecule has 10 rings (SSSR count). The van der Waals surface area contributed by atoms with Crippen molar-refractivity contribution in [3.63, 3.8) is 0 Å². The van der Waals surface area contributed by atoms with Crippen LogP contribution in [0.1, 0.15) is 49.9 Å². The lowest BCUT2D eigenvalue weighted by Gasteiger charge is -2.38. The topological polar surface area (TPSA) is 3.24 Å². The first kappa shape index (κ1) is 31.5. The second kappa shape index (κ2) is 11.7. The van der Waals surface area contributed by atoms with Gasteiger partial charge in [-0.15, -0.1) is 0 Å². The number of hydrogen-bond donors (Lipinski definition) is 0. The van der Waals surface area contributed by atoms with E-state index in [1.165, 1.54) is 83.2 Å². The van der Waals surface area contributed by atoms with Gasteiger partial charge in [0.15, 0.2) is 0 Å².